The van der Waals surface area contributed by atoms with Gasteiger partial charge in [0.25, 0.3) is 0 Å². The van der Waals surface area contributed by atoms with Crippen LogP contribution in [0.1, 0.15) is 50.6 Å². The Morgan fingerprint density at radius 3 is 2.54 bits per heavy atom. The van der Waals surface area contributed by atoms with E-state index in [-0.39, 0.29) is 24.2 Å². The molecule has 10 nitrogen and oxygen atoms in total. The summed E-state index contributed by atoms with van der Waals surface area (Å²) in [6.07, 6.45) is 5.19. The number of benzene rings is 1. The number of aromatic nitrogens is 4. The molecule has 1 fully saturated rings. The Morgan fingerprint density at radius 1 is 1.12 bits per heavy atom. The van der Waals surface area contributed by atoms with E-state index in [0.29, 0.717) is 18.0 Å². The molecule has 1 aliphatic carbocycles. The van der Waals surface area contributed by atoms with Crippen LogP contribution < -0.4 is 9.46 Å². The van der Waals surface area contributed by atoms with Crippen LogP contribution in [0.3, 0.4) is 0 Å². The van der Waals surface area contributed by atoms with Gasteiger partial charge >= 0.3 is 0 Å². The van der Waals surface area contributed by atoms with E-state index in [2.05, 4.69) is 14.9 Å². The van der Waals surface area contributed by atoms with Gasteiger partial charge in [-0.1, -0.05) is 61.5 Å². The van der Waals surface area contributed by atoms with Gasteiger partial charge in [0.05, 0.1) is 35.1 Å². The highest BCUT2D eigenvalue weighted by molar-refractivity contribution is 7.88. The van der Waals surface area contributed by atoms with Crippen molar-refractivity contribution < 1.29 is 22.5 Å². The summed E-state index contributed by atoms with van der Waals surface area (Å²) < 4.78 is 39.1. The molecule has 0 saturated heterocycles. The quantitative estimate of drug-likeness (QED) is 0.247. The summed E-state index contributed by atoms with van der Waals surface area (Å²) in [5.74, 6) is 1.30. The van der Waals surface area contributed by atoms with Gasteiger partial charge in [0.1, 0.15) is 23.0 Å². The molecule has 214 valence electrons. The average molecular weight is 594 g/mol. The Hall–Kier alpha value is -3.61. The minimum atomic E-state index is -3.30. The van der Waals surface area contributed by atoms with Crippen molar-refractivity contribution in [2.24, 2.45) is 0 Å². The van der Waals surface area contributed by atoms with Gasteiger partial charge in [-0.2, -0.15) is 0 Å². The number of sulfonamides is 1. The fourth-order valence-electron chi connectivity index (χ4n) is 4.65. The number of carbonyl (C=O) groups is 1. The number of pyridine rings is 1. The fraction of sp³-hybridized carbons (Fsp3) is 0.379. The standard InChI is InChI=1S/C29H31N5O5S2/c1-28(2,3)24-15-20(32-39-24)14-21(35)13-18-5-7-19(8-6-18)22-16-34-23-9-10-25(31-26(23)40-27(34)30-22)38-17-29(11-12-29)33-41(4,36)37/h5-10,15-16,33H,11-14,17H2,1-4H3. The third-order valence-electron chi connectivity index (χ3n) is 7.01. The van der Waals surface area contributed by atoms with Gasteiger partial charge in [-0.25, -0.2) is 23.1 Å². The second-order valence-corrected chi connectivity index (χ2v) is 14.5. The number of carbonyl (C=O) groups excluding carboxylic acids is 1. The molecule has 6 rings (SSSR count). The van der Waals surface area contributed by atoms with Crippen LogP contribution in [0.4, 0.5) is 0 Å². The molecule has 0 radical (unpaired) electrons. The zero-order chi connectivity index (χ0) is 29.0. The molecule has 1 aromatic carbocycles. The summed E-state index contributed by atoms with van der Waals surface area (Å²) in [6, 6.07) is 13.5. The molecule has 12 heteroatoms. The van der Waals surface area contributed by atoms with E-state index in [1.807, 2.05) is 67.8 Å². The summed E-state index contributed by atoms with van der Waals surface area (Å²) in [5, 5.41) is 4.05. The van der Waals surface area contributed by atoms with E-state index < -0.39 is 15.6 Å². The predicted octanol–water partition coefficient (Wildman–Crippen LogP) is 4.71. The maximum absolute atomic E-state index is 12.6. The summed E-state index contributed by atoms with van der Waals surface area (Å²) in [7, 11) is -3.30. The third kappa shape index (κ3) is 6.19. The van der Waals surface area contributed by atoms with Crippen LogP contribution in [0.25, 0.3) is 26.6 Å². The van der Waals surface area contributed by atoms with Crippen LogP contribution in [0.5, 0.6) is 5.88 Å². The van der Waals surface area contributed by atoms with Crippen molar-refractivity contribution in [3.05, 3.63) is 65.7 Å². The molecular weight excluding hydrogens is 562 g/mol. The van der Waals surface area contributed by atoms with Crippen molar-refractivity contribution in [2.75, 3.05) is 12.9 Å². The van der Waals surface area contributed by atoms with Crippen LogP contribution in [0.2, 0.25) is 0 Å². The molecule has 0 atom stereocenters. The van der Waals surface area contributed by atoms with Gasteiger partial charge < -0.3 is 9.26 Å². The number of thiazole rings is 1. The molecule has 4 heterocycles. The number of rotatable bonds is 10. The van der Waals surface area contributed by atoms with E-state index in [4.69, 9.17) is 14.2 Å². The van der Waals surface area contributed by atoms with E-state index in [9.17, 15) is 13.2 Å². The van der Waals surface area contributed by atoms with Gasteiger partial charge in [-0.3, -0.25) is 9.20 Å². The predicted molar refractivity (Wildman–Crippen MR) is 157 cm³/mol. The monoisotopic (exact) mass is 593 g/mol. The average Bonchev–Trinajstić information content (AvgIpc) is 3.20. The van der Waals surface area contributed by atoms with Crippen molar-refractivity contribution in [1.82, 2.24) is 24.2 Å². The first-order chi connectivity index (χ1) is 19.4. The first-order valence-electron chi connectivity index (χ1n) is 13.3. The van der Waals surface area contributed by atoms with Gasteiger partial charge in [0.2, 0.25) is 15.9 Å². The SMILES string of the molecule is CC(C)(C)c1cc(CC(=O)Cc2ccc(-c3cn4c(n3)sc3nc(OCC5(NS(C)(=O)=O)CC5)ccc34)cc2)no1. The molecule has 0 aliphatic heterocycles. The molecule has 0 bridgehead atoms. The van der Waals surface area contributed by atoms with Crippen LogP contribution in [-0.4, -0.2) is 52.1 Å². The summed E-state index contributed by atoms with van der Waals surface area (Å²) >= 11 is 1.46. The number of hydrogen-bond donors (Lipinski definition) is 1. The van der Waals surface area contributed by atoms with Crippen molar-refractivity contribution in [3.8, 4) is 17.1 Å². The Morgan fingerprint density at radius 2 is 1.88 bits per heavy atom. The molecule has 5 aromatic rings. The number of nitrogens with zero attached hydrogens (tertiary/aromatic N) is 4. The van der Waals surface area contributed by atoms with Gasteiger partial charge in [0.15, 0.2) is 4.96 Å². The highest BCUT2D eigenvalue weighted by atomic mass is 32.2. The van der Waals surface area contributed by atoms with Crippen molar-refractivity contribution in [1.29, 1.82) is 0 Å². The van der Waals surface area contributed by atoms with Gasteiger partial charge in [-0.05, 0) is 24.5 Å². The number of Topliss-reactive ketones (excluding diaryl/α,β-unsaturated/α-hetero) is 1. The Bertz CT molecular complexity index is 1860. The molecule has 4 aromatic heterocycles. The zero-order valence-electron chi connectivity index (χ0n) is 23.3. The second-order valence-electron chi connectivity index (χ2n) is 11.8. The van der Waals surface area contributed by atoms with E-state index in [1.54, 1.807) is 6.07 Å². The molecule has 0 unspecified atom stereocenters. The van der Waals surface area contributed by atoms with Crippen molar-refractivity contribution >= 4 is 42.5 Å². The minimum absolute atomic E-state index is 0.0790. The topological polar surface area (TPSA) is 129 Å². The van der Waals surface area contributed by atoms with E-state index in [0.717, 1.165) is 57.0 Å². The van der Waals surface area contributed by atoms with E-state index >= 15 is 0 Å². The number of nitrogens with one attached hydrogen (secondary N) is 1. The van der Waals surface area contributed by atoms with Crippen LogP contribution >= 0.6 is 11.3 Å². The Balaban J connectivity index is 1.11. The number of hydrogen-bond acceptors (Lipinski definition) is 9. The first kappa shape index (κ1) is 27.6. The molecule has 0 spiro atoms. The molecule has 1 N–H and O–H groups in total. The lowest BCUT2D eigenvalue weighted by atomic mass is 9.93. The summed E-state index contributed by atoms with van der Waals surface area (Å²) in [4.78, 5) is 23.6. The Kier molecular flexibility index (Phi) is 6.74. The molecule has 1 aliphatic rings. The second kappa shape index (κ2) is 10.0. The van der Waals surface area contributed by atoms with Crippen LogP contribution in [0.15, 0.2) is 53.2 Å². The first-order valence-corrected chi connectivity index (χ1v) is 16.0. The Labute approximate surface area is 241 Å². The molecule has 1 saturated carbocycles. The van der Waals surface area contributed by atoms with E-state index in [1.165, 1.54) is 11.3 Å². The summed E-state index contributed by atoms with van der Waals surface area (Å²) in [6.45, 7) is 6.38. The van der Waals surface area contributed by atoms with Gasteiger partial charge in [0, 0.05) is 35.7 Å². The lowest BCUT2D eigenvalue weighted by Crippen LogP contribution is -2.40. The molecule has 0 amide bonds. The number of imidazole rings is 1. The summed E-state index contributed by atoms with van der Waals surface area (Å²) in [5.41, 5.74) is 3.61. The van der Waals surface area contributed by atoms with Crippen LogP contribution in [0, 0.1) is 0 Å². The fourth-order valence-corrected chi connectivity index (χ4v) is 6.68. The number of ether oxygens (including phenoxy) is 1. The zero-order valence-corrected chi connectivity index (χ0v) is 24.9. The normalized spacial score (nSPS) is 15.0. The largest absolute Gasteiger partial charge is 0.476 e. The van der Waals surface area contributed by atoms with Crippen molar-refractivity contribution in [2.45, 2.75) is 57.4 Å². The number of ketones is 1. The third-order valence-corrected chi connectivity index (χ3v) is 8.78. The lowest BCUT2D eigenvalue weighted by Gasteiger charge is -2.16. The number of fused-ring (bicyclic) bond motifs is 3. The smallest absolute Gasteiger partial charge is 0.214 e. The molecule has 41 heavy (non-hydrogen) atoms. The minimum Gasteiger partial charge on any atom is -0.476 e. The van der Waals surface area contributed by atoms with Crippen molar-refractivity contribution in [3.63, 3.8) is 0 Å². The maximum atomic E-state index is 12.6. The van der Waals surface area contributed by atoms with Gasteiger partial charge in [-0.15, -0.1) is 0 Å². The highest BCUT2D eigenvalue weighted by Crippen LogP contribution is 2.37. The molecular formula is C29H31N5O5S2. The lowest BCUT2D eigenvalue weighted by molar-refractivity contribution is -0.117. The van der Waals surface area contributed by atoms with Crippen LogP contribution in [-0.2, 0) is 33.1 Å². The highest BCUT2D eigenvalue weighted by Gasteiger charge is 2.46. The maximum Gasteiger partial charge on any atom is 0.214 e.